The van der Waals surface area contributed by atoms with Crippen LogP contribution in [0.5, 0.6) is 0 Å². The first kappa shape index (κ1) is 28.9. The highest BCUT2D eigenvalue weighted by Crippen LogP contribution is 2.16. The normalized spacial score (nSPS) is 16.4. The Labute approximate surface area is 212 Å². The monoisotopic (exact) mass is 520 g/mol. The minimum atomic E-state index is -0.917. The maximum Gasteiger partial charge on any atom is 0.333 e. The van der Waals surface area contributed by atoms with E-state index in [1.165, 1.54) is 13.8 Å². The van der Waals surface area contributed by atoms with Crippen molar-refractivity contribution in [2.24, 2.45) is 0 Å². The van der Waals surface area contributed by atoms with E-state index in [0.29, 0.717) is 0 Å². The van der Waals surface area contributed by atoms with Gasteiger partial charge < -0.3 is 9.47 Å². The van der Waals surface area contributed by atoms with Crippen LogP contribution in [0, 0.1) is 0 Å². The van der Waals surface area contributed by atoms with Crippen molar-refractivity contribution in [3.63, 3.8) is 0 Å². The molecule has 0 aromatic rings. The summed E-state index contributed by atoms with van der Waals surface area (Å²) in [6, 6.07) is -1.83. The number of ether oxygens (including phenoxy) is 2. The third-order valence-electron chi connectivity index (χ3n) is 5.29. The summed E-state index contributed by atoms with van der Waals surface area (Å²) in [6.07, 6.45) is -1.17. The molecule has 0 aromatic heterocycles. The Morgan fingerprint density at radius 2 is 0.919 bits per heavy atom. The van der Waals surface area contributed by atoms with Crippen LogP contribution in [-0.2, 0) is 38.2 Å². The van der Waals surface area contributed by atoms with Crippen molar-refractivity contribution in [2.45, 2.75) is 33.1 Å². The topological polar surface area (TPSA) is 168 Å². The van der Waals surface area contributed by atoms with Gasteiger partial charge in [-0.05, 0) is 20.3 Å². The third kappa shape index (κ3) is 7.32. The van der Waals surface area contributed by atoms with Gasteiger partial charge in [-0.1, -0.05) is 13.2 Å². The zero-order valence-corrected chi connectivity index (χ0v) is 20.6. The van der Waals surface area contributed by atoms with Gasteiger partial charge in [-0.25, -0.2) is 19.2 Å². The molecule has 37 heavy (non-hydrogen) atoms. The van der Waals surface area contributed by atoms with E-state index in [4.69, 9.17) is 9.47 Å². The van der Waals surface area contributed by atoms with E-state index in [2.05, 4.69) is 13.2 Å². The Morgan fingerprint density at radius 3 is 1.22 bits per heavy atom. The Balaban J connectivity index is 1.93. The molecule has 2 aliphatic rings. The zero-order valence-electron chi connectivity index (χ0n) is 20.6. The predicted molar refractivity (Wildman–Crippen MR) is 123 cm³/mol. The summed E-state index contributed by atoms with van der Waals surface area (Å²) < 4.78 is 9.77. The van der Waals surface area contributed by atoms with E-state index in [9.17, 15) is 38.4 Å². The molecule has 0 atom stereocenters. The van der Waals surface area contributed by atoms with Crippen LogP contribution >= 0.6 is 0 Å². The van der Waals surface area contributed by atoms with Gasteiger partial charge in [-0.2, -0.15) is 0 Å². The number of amides is 8. The van der Waals surface area contributed by atoms with Crippen molar-refractivity contribution in [1.82, 2.24) is 19.6 Å². The first-order valence-electron chi connectivity index (χ1n) is 11.3. The molecule has 2 rings (SSSR count). The number of carbonyl (C=O) groups is 8. The second kappa shape index (κ2) is 12.6. The van der Waals surface area contributed by atoms with E-state index in [1.807, 2.05) is 0 Å². The van der Waals surface area contributed by atoms with Gasteiger partial charge in [0.2, 0.25) is 23.6 Å². The zero-order chi connectivity index (χ0) is 27.9. The molecule has 0 bridgehead atoms. The minimum absolute atomic E-state index is 0.0195. The summed E-state index contributed by atoms with van der Waals surface area (Å²) in [5.74, 6) is -4.39. The second-order valence-electron chi connectivity index (χ2n) is 8.29. The van der Waals surface area contributed by atoms with Crippen LogP contribution in [0.3, 0.4) is 0 Å². The maximum absolute atomic E-state index is 12.7. The molecule has 200 valence electrons. The van der Waals surface area contributed by atoms with Gasteiger partial charge in [0, 0.05) is 24.2 Å². The van der Waals surface area contributed by atoms with Gasteiger partial charge >= 0.3 is 24.0 Å². The molecule has 0 N–H and O–H groups in total. The summed E-state index contributed by atoms with van der Waals surface area (Å²) in [5, 5.41) is 0. The van der Waals surface area contributed by atoms with Crippen molar-refractivity contribution < 1.29 is 47.8 Å². The number of hydrogen-bond acceptors (Lipinski definition) is 10. The number of carbonyl (C=O) groups excluding carboxylic acids is 8. The maximum atomic E-state index is 12.7. The lowest BCUT2D eigenvalue weighted by atomic mass is 10.2. The fourth-order valence-electron chi connectivity index (χ4n) is 3.33. The van der Waals surface area contributed by atoms with Crippen LogP contribution in [0.15, 0.2) is 24.3 Å². The van der Waals surface area contributed by atoms with E-state index in [0.717, 1.165) is 19.6 Å². The van der Waals surface area contributed by atoms with Gasteiger partial charge in [0.05, 0.1) is 13.1 Å². The highest BCUT2D eigenvalue weighted by atomic mass is 16.5. The largest absolute Gasteiger partial charge is 0.460 e. The number of imide groups is 4. The molecule has 2 aliphatic heterocycles. The Kier molecular flexibility index (Phi) is 9.80. The number of rotatable bonds is 12. The molecular weight excluding hydrogens is 492 g/mol. The number of esters is 2. The molecule has 0 spiro atoms. The third-order valence-corrected chi connectivity index (χ3v) is 5.29. The van der Waals surface area contributed by atoms with Crippen LogP contribution in [0.2, 0.25) is 0 Å². The predicted octanol–water partition coefficient (Wildman–Crippen LogP) is -0.0231. The molecule has 0 radical (unpaired) electrons. The average Bonchev–Trinajstić information content (AvgIpc) is 2.81. The standard InChI is InChI=1S/C23H28N4O10/c1-14(2)20(32)36-10-8-26-18(30)12-16(28)24(22(26)34)6-5-7-25-17(29)13-19(31)27(23(25)35)9-11-37-21(33)15(3)4/h1,3,5-13H2,2,4H3. The first-order valence-corrected chi connectivity index (χ1v) is 11.3. The van der Waals surface area contributed by atoms with Crippen LogP contribution in [0.25, 0.3) is 0 Å². The van der Waals surface area contributed by atoms with E-state index in [1.54, 1.807) is 0 Å². The van der Waals surface area contributed by atoms with Crippen molar-refractivity contribution in [1.29, 1.82) is 0 Å². The molecular formula is C23H28N4O10. The number of nitrogens with zero attached hydrogens (tertiary/aromatic N) is 4. The summed E-state index contributed by atoms with van der Waals surface area (Å²) in [7, 11) is 0. The lowest BCUT2D eigenvalue weighted by Gasteiger charge is -2.34. The number of hydrogen-bond donors (Lipinski definition) is 0. The molecule has 0 aromatic carbocycles. The molecule has 14 heteroatoms. The number of urea groups is 2. The van der Waals surface area contributed by atoms with Crippen molar-refractivity contribution >= 4 is 47.6 Å². The molecule has 2 saturated heterocycles. The summed E-state index contributed by atoms with van der Waals surface area (Å²) >= 11 is 0. The van der Waals surface area contributed by atoms with Crippen molar-refractivity contribution in [2.75, 3.05) is 39.4 Å². The van der Waals surface area contributed by atoms with E-state index >= 15 is 0 Å². The van der Waals surface area contributed by atoms with Gasteiger partial charge in [0.15, 0.2) is 0 Å². The van der Waals surface area contributed by atoms with Crippen LogP contribution in [0.1, 0.15) is 33.1 Å². The quantitative estimate of drug-likeness (QED) is 0.194. The van der Waals surface area contributed by atoms with Gasteiger partial charge in [-0.15, -0.1) is 0 Å². The summed E-state index contributed by atoms with van der Waals surface area (Å²) in [4.78, 5) is 100. The molecule has 2 heterocycles. The van der Waals surface area contributed by atoms with Crippen LogP contribution in [-0.4, -0.2) is 107 Å². The average molecular weight is 520 g/mol. The van der Waals surface area contributed by atoms with Crippen molar-refractivity contribution in [3.05, 3.63) is 24.3 Å². The molecule has 0 saturated carbocycles. The van der Waals surface area contributed by atoms with Crippen LogP contribution < -0.4 is 0 Å². The van der Waals surface area contributed by atoms with Gasteiger partial charge in [0.1, 0.15) is 26.1 Å². The number of barbiturate groups is 2. The highest BCUT2D eigenvalue weighted by molar-refractivity contribution is 6.15. The lowest BCUT2D eigenvalue weighted by molar-refractivity contribution is -0.146. The Hall–Kier alpha value is -4.36. The smallest absolute Gasteiger partial charge is 0.333 e. The Bertz CT molecular complexity index is 984. The Morgan fingerprint density at radius 1 is 0.622 bits per heavy atom. The van der Waals surface area contributed by atoms with E-state index < -0.39 is 60.5 Å². The summed E-state index contributed by atoms with van der Waals surface area (Å²) in [5.41, 5.74) is 0.283. The fraction of sp³-hybridized carbons (Fsp3) is 0.478. The SMILES string of the molecule is C=C(C)C(=O)OCCN1C(=O)CC(=O)N(CCCN2C(=O)CC(=O)N(CCOC(=O)C(=C)C)C2=O)C1=O. The molecule has 8 amide bonds. The van der Waals surface area contributed by atoms with Gasteiger partial charge in [0.25, 0.3) is 0 Å². The second-order valence-corrected chi connectivity index (χ2v) is 8.29. The lowest BCUT2D eigenvalue weighted by Crippen LogP contribution is -2.57. The van der Waals surface area contributed by atoms with Crippen molar-refractivity contribution in [3.8, 4) is 0 Å². The minimum Gasteiger partial charge on any atom is -0.460 e. The van der Waals surface area contributed by atoms with Crippen LogP contribution in [0.4, 0.5) is 9.59 Å². The molecule has 0 aliphatic carbocycles. The van der Waals surface area contributed by atoms with E-state index in [-0.39, 0.29) is 57.0 Å². The first-order chi connectivity index (χ1) is 17.3. The summed E-state index contributed by atoms with van der Waals surface area (Å²) in [6.45, 7) is 8.18. The molecule has 0 unspecified atom stereocenters. The molecule has 14 nitrogen and oxygen atoms in total. The molecule has 2 fully saturated rings. The highest BCUT2D eigenvalue weighted by Gasteiger charge is 2.40. The van der Waals surface area contributed by atoms with Gasteiger partial charge in [-0.3, -0.25) is 38.8 Å². The fourth-order valence-corrected chi connectivity index (χ4v) is 3.33.